The van der Waals surface area contributed by atoms with Crippen LogP contribution in [0.2, 0.25) is 0 Å². The quantitative estimate of drug-likeness (QED) is 0.770. The summed E-state index contributed by atoms with van der Waals surface area (Å²) in [5.41, 5.74) is 2.48. The fourth-order valence-electron chi connectivity index (χ4n) is 2.12. The van der Waals surface area contributed by atoms with Crippen LogP contribution in [0.4, 0.5) is 0 Å². The Hall–Kier alpha value is -2.44. The van der Waals surface area contributed by atoms with Crippen LogP contribution in [0, 0.1) is 0 Å². The molecule has 2 rings (SSSR count). The van der Waals surface area contributed by atoms with Crippen molar-refractivity contribution in [2.75, 3.05) is 6.54 Å². The molecule has 0 fully saturated rings. The van der Waals surface area contributed by atoms with E-state index in [1.54, 1.807) is 18.2 Å². The minimum Gasteiger partial charge on any atom is -0.481 e. The van der Waals surface area contributed by atoms with Crippen LogP contribution >= 0.6 is 0 Å². The number of rotatable bonds is 8. The molecule has 0 spiro atoms. The van der Waals surface area contributed by atoms with Crippen LogP contribution in [0.3, 0.4) is 0 Å². The molecule has 2 N–H and O–H groups in total. The minimum absolute atomic E-state index is 0.0167. The van der Waals surface area contributed by atoms with Crippen LogP contribution in [-0.2, 0) is 27.7 Å². The molecule has 0 bridgehead atoms. The van der Waals surface area contributed by atoms with E-state index in [-0.39, 0.29) is 13.0 Å². The minimum atomic E-state index is -3.48. The number of hydrogen-bond acceptors (Lipinski definition) is 3. The average molecular weight is 345 g/mol. The summed E-state index contributed by atoms with van der Waals surface area (Å²) in [4.78, 5) is 10.6. The molecule has 2 aromatic rings. The number of aliphatic carboxylic acids is 1. The van der Waals surface area contributed by atoms with Gasteiger partial charge in [-0.1, -0.05) is 54.6 Å². The van der Waals surface area contributed by atoms with Gasteiger partial charge >= 0.3 is 5.97 Å². The summed E-state index contributed by atoms with van der Waals surface area (Å²) in [6, 6.07) is 16.3. The van der Waals surface area contributed by atoms with E-state index in [9.17, 15) is 13.2 Å². The Labute approximate surface area is 141 Å². The van der Waals surface area contributed by atoms with Crippen molar-refractivity contribution >= 4 is 22.1 Å². The van der Waals surface area contributed by atoms with Crippen LogP contribution in [-0.4, -0.2) is 26.0 Å². The number of benzene rings is 2. The highest BCUT2D eigenvalue weighted by molar-refractivity contribution is 7.92. The van der Waals surface area contributed by atoms with Gasteiger partial charge in [0, 0.05) is 12.0 Å². The van der Waals surface area contributed by atoms with Gasteiger partial charge in [-0.05, 0) is 29.2 Å². The molecule has 0 aromatic heterocycles. The number of carboxylic acid groups (broad SMARTS) is 1. The number of nitrogens with one attached hydrogen (secondary N) is 1. The smallest absolute Gasteiger partial charge is 0.307 e. The second-order valence-corrected chi connectivity index (χ2v) is 6.94. The van der Waals surface area contributed by atoms with Gasteiger partial charge in [0.2, 0.25) is 10.0 Å². The molecule has 0 aliphatic heterocycles. The number of carboxylic acids is 1. The third-order valence-electron chi connectivity index (χ3n) is 3.33. The molecule has 0 unspecified atom stereocenters. The van der Waals surface area contributed by atoms with Crippen LogP contribution in [0.15, 0.2) is 60.0 Å². The molecular weight excluding hydrogens is 326 g/mol. The first-order valence-electron chi connectivity index (χ1n) is 7.47. The van der Waals surface area contributed by atoms with E-state index in [0.717, 1.165) is 22.1 Å². The average Bonchev–Trinajstić information content (AvgIpc) is 2.55. The van der Waals surface area contributed by atoms with E-state index < -0.39 is 16.0 Å². The van der Waals surface area contributed by atoms with Crippen molar-refractivity contribution in [2.24, 2.45) is 0 Å². The SMILES string of the molecule is O=C(O)Cc1ccc(CCNS(=O)(=O)/C=C/c2ccccc2)cc1. The van der Waals surface area contributed by atoms with E-state index in [1.165, 1.54) is 0 Å². The summed E-state index contributed by atoms with van der Waals surface area (Å²) in [5, 5.41) is 9.87. The maximum absolute atomic E-state index is 11.9. The first kappa shape index (κ1) is 17.9. The van der Waals surface area contributed by atoms with Crippen LogP contribution in [0.25, 0.3) is 6.08 Å². The Bertz CT molecular complexity index is 797. The maximum atomic E-state index is 11.9. The van der Waals surface area contributed by atoms with Gasteiger partial charge in [0.1, 0.15) is 0 Å². The second-order valence-electron chi connectivity index (χ2n) is 5.29. The summed E-state index contributed by atoms with van der Waals surface area (Å²) in [6.45, 7) is 0.278. The lowest BCUT2D eigenvalue weighted by Crippen LogP contribution is -2.23. The van der Waals surface area contributed by atoms with Gasteiger partial charge in [0.25, 0.3) is 0 Å². The van der Waals surface area contributed by atoms with Crippen LogP contribution in [0.5, 0.6) is 0 Å². The van der Waals surface area contributed by atoms with Crippen molar-refractivity contribution in [3.63, 3.8) is 0 Å². The highest BCUT2D eigenvalue weighted by Crippen LogP contribution is 2.06. The van der Waals surface area contributed by atoms with Crippen molar-refractivity contribution in [3.05, 3.63) is 76.7 Å². The standard InChI is InChI=1S/C18H19NO4S/c20-18(21)14-17-8-6-16(7-9-17)10-12-19-24(22,23)13-11-15-4-2-1-3-5-15/h1-9,11,13,19H,10,12,14H2,(H,20,21)/b13-11+. The molecule has 5 nitrogen and oxygen atoms in total. The van der Waals surface area contributed by atoms with Crippen molar-refractivity contribution in [3.8, 4) is 0 Å². The van der Waals surface area contributed by atoms with Gasteiger partial charge in [0.15, 0.2) is 0 Å². The first-order valence-corrected chi connectivity index (χ1v) is 9.02. The Morgan fingerprint density at radius 2 is 1.62 bits per heavy atom. The van der Waals surface area contributed by atoms with Crippen molar-refractivity contribution in [1.82, 2.24) is 4.72 Å². The molecule has 2 aromatic carbocycles. The Morgan fingerprint density at radius 1 is 1.00 bits per heavy atom. The fraction of sp³-hybridized carbons (Fsp3) is 0.167. The largest absolute Gasteiger partial charge is 0.481 e. The van der Waals surface area contributed by atoms with Gasteiger partial charge < -0.3 is 5.11 Å². The van der Waals surface area contributed by atoms with Gasteiger partial charge in [-0.25, -0.2) is 13.1 Å². The van der Waals surface area contributed by atoms with E-state index >= 15 is 0 Å². The number of hydrogen-bond donors (Lipinski definition) is 2. The summed E-state index contributed by atoms with van der Waals surface area (Å²) in [7, 11) is -3.48. The maximum Gasteiger partial charge on any atom is 0.307 e. The summed E-state index contributed by atoms with van der Waals surface area (Å²) in [6.07, 6.45) is 2.06. The van der Waals surface area contributed by atoms with E-state index in [4.69, 9.17) is 5.11 Å². The zero-order valence-corrected chi connectivity index (χ0v) is 13.9. The first-order chi connectivity index (χ1) is 11.4. The highest BCUT2D eigenvalue weighted by Gasteiger charge is 2.05. The number of sulfonamides is 1. The van der Waals surface area contributed by atoms with Gasteiger partial charge in [-0.3, -0.25) is 4.79 Å². The van der Waals surface area contributed by atoms with Gasteiger partial charge in [-0.15, -0.1) is 0 Å². The lowest BCUT2D eigenvalue weighted by Gasteiger charge is -2.04. The van der Waals surface area contributed by atoms with E-state index in [1.807, 2.05) is 42.5 Å². The summed E-state index contributed by atoms with van der Waals surface area (Å²) in [5.74, 6) is -0.874. The second kappa shape index (κ2) is 8.42. The zero-order chi connectivity index (χ0) is 17.4. The van der Waals surface area contributed by atoms with Crippen molar-refractivity contribution < 1.29 is 18.3 Å². The molecule has 0 aliphatic carbocycles. The van der Waals surface area contributed by atoms with Gasteiger partial charge in [-0.2, -0.15) is 0 Å². The van der Waals surface area contributed by atoms with Crippen molar-refractivity contribution in [2.45, 2.75) is 12.8 Å². The zero-order valence-electron chi connectivity index (χ0n) is 13.1. The molecule has 126 valence electrons. The predicted octanol–water partition coefficient (Wildman–Crippen LogP) is 2.45. The van der Waals surface area contributed by atoms with Gasteiger partial charge in [0.05, 0.1) is 6.42 Å². The fourth-order valence-corrected chi connectivity index (χ4v) is 2.94. The van der Waals surface area contributed by atoms with E-state index in [2.05, 4.69) is 4.72 Å². The normalized spacial score (nSPS) is 11.7. The highest BCUT2D eigenvalue weighted by atomic mass is 32.2. The molecule has 0 aliphatic rings. The van der Waals surface area contributed by atoms with Crippen molar-refractivity contribution in [1.29, 1.82) is 0 Å². The molecule has 0 heterocycles. The lowest BCUT2D eigenvalue weighted by molar-refractivity contribution is -0.136. The van der Waals surface area contributed by atoms with Crippen LogP contribution in [0.1, 0.15) is 16.7 Å². The molecule has 6 heteroatoms. The molecule has 0 amide bonds. The molecular formula is C18H19NO4S. The van der Waals surface area contributed by atoms with Crippen LogP contribution < -0.4 is 4.72 Å². The monoisotopic (exact) mass is 345 g/mol. The molecule has 0 radical (unpaired) electrons. The molecule has 24 heavy (non-hydrogen) atoms. The predicted molar refractivity (Wildman–Crippen MR) is 93.9 cm³/mol. The Balaban J connectivity index is 1.84. The molecule has 0 saturated heterocycles. The number of carbonyl (C=O) groups is 1. The Morgan fingerprint density at radius 3 is 2.25 bits per heavy atom. The molecule has 0 saturated carbocycles. The lowest BCUT2D eigenvalue weighted by atomic mass is 10.1. The summed E-state index contributed by atoms with van der Waals surface area (Å²) < 4.78 is 26.3. The third kappa shape index (κ3) is 6.36. The Kier molecular flexibility index (Phi) is 6.28. The summed E-state index contributed by atoms with van der Waals surface area (Å²) >= 11 is 0. The third-order valence-corrected chi connectivity index (χ3v) is 4.44. The molecule has 0 atom stereocenters. The topological polar surface area (TPSA) is 83.5 Å². The van der Waals surface area contributed by atoms with E-state index in [0.29, 0.717) is 6.42 Å².